The summed E-state index contributed by atoms with van der Waals surface area (Å²) < 4.78 is 5.47. The molecule has 30 heavy (non-hydrogen) atoms. The highest BCUT2D eigenvalue weighted by Crippen LogP contribution is 2.28. The van der Waals surface area contributed by atoms with Gasteiger partial charge in [-0.15, -0.1) is 0 Å². The highest BCUT2D eigenvalue weighted by atomic mass is 16.5. The highest BCUT2D eigenvalue weighted by molar-refractivity contribution is 6.02. The van der Waals surface area contributed by atoms with Crippen molar-refractivity contribution in [3.05, 3.63) is 54.1 Å². The molecule has 1 saturated heterocycles. The van der Waals surface area contributed by atoms with Crippen molar-refractivity contribution in [3.8, 4) is 5.75 Å². The zero-order chi connectivity index (χ0) is 21.3. The summed E-state index contributed by atoms with van der Waals surface area (Å²) in [4.78, 5) is 28.4. The molecule has 0 saturated carbocycles. The molecule has 1 heterocycles. The summed E-state index contributed by atoms with van der Waals surface area (Å²) >= 11 is 0. The van der Waals surface area contributed by atoms with Crippen LogP contribution in [0.5, 0.6) is 5.75 Å². The van der Waals surface area contributed by atoms with Crippen molar-refractivity contribution in [1.82, 2.24) is 4.90 Å². The Balaban J connectivity index is 1.37. The second-order valence-electron chi connectivity index (χ2n) is 7.42. The topological polar surface area (TPSA) is 87.9 Å². The number of primary amides is 1. The largest absolute Gasteiger partial charge is 0.495 e. The second-order valence-corrected chi connectivity index (χ2v) is 7.42. The summed E-state index contributed by atoms with van der Waals surface area (Å²) in [7, 11) is 1.71. The third-order valence-corrected chi connectivity index (χ3v) is 5.39. The molecular weight excluding hydrogens is 380 g/mol. The first-order valence-corrected chi connectivity index (χ1v) is 10.4. The van der Waals surface area contributed by atoms with E-state index in [4.69, 9.17) is 10.5 Å². The van der Waals surface area contributed by atoms with Crippen molar-refractivity contribution in [2.24, 2.45) is 5.73 Å². The number of hydrogen-bond acceptors (Lipinski definition) is 5. The molecule has 160 valence electrons. The first-order chi connectivity index (χ1) is 14.6. The lowest BCUT2D eigenvalue weighted by molar-refractivity contribution is -0.116. The van der Waals surface area contributed by atoms with Crippen molar-refractivity contribution >= 4 is 23.2 Å². The molecule has 0 spiro atoms. The van der Waals surface area contributed by atoms with Gasteiger partial charge < -0.3 is 20.7 Å². The van der Waals surface area contributed by atoms with Crippen molar-refractivity contribution in [2.45, 2.75) is 19.3 Å². The highest BCUT2D eigenvalue weighted by Gasteiger charge is 2.19. The van der Waals surface area contributed by atoms with Crippen LogP contribution in [0.25, 0.3) is 0 Å². The number of nitrogens with two attached hydrogens (primary N) is 1. The number of hydrogen-bond donors (Lipinski definition) is 2. The molecule has 7 nitrogen and oxygen atoms in total. The molecular formula is C23H30N4O3. The average Bonchev–Trinajstić information content (AvgIpc) is 2.77. The SMILES string of the molecule is COc1ccccc1N1CCN(CCCCC(=O)Nc2ccccc2C(N)=O)CC1. The minimum absolute atomic E-state index is 0.0929. The van der Waals surface area contributed by atoms with Gasteiger partial charge >= 0.3 is 0 Å². The lowest BCUT2D eigenvalue weighted by Gasteiger charge is -2.36. The number of piperazine rings is 1. The van der Waals surface area contributed by atoms with E-state index < -0.39 is 5.91 Å². The van der Waals surface area contributed by atoms with E-state index in [0.29, 0.717) is 17.7 Å². The predicted molar refractivity (Wildman–Crippen MR) is 119 cm³/mol. The summed E-state index contributed by atoms with van der Waals surface area (Å²) in [5, 5.41) is 2.79. The number of unbranched alkanes of at least 4 members (excludes halogenated alkanes) is 1. The first-order valence-electron chi connectivity index (χ1n) is 10.4. The molecule has 7 heteroatoms. The molecule has 0 atom stereocenters. The van der Waals surface area contributed by atoms with Crippen LogP contribution in [0, 0.1) is 0 Å². The van der Waals surface area contributed by atoms with E-state index in [1.807, 2.05) is 18.2 Å². The molecule has 2 amide bonds. The Kier molecular flexibility index (Phi) is 7.68. The molecule has 2 aromatic rings. The summed E-state index contributed by atoms with van der Waals surface area (Å²) in [5.41, 5.74) is 7.30. The number of nitrogens with zero attached hydrogens (tertiary/aromatic N) is 2. The van der Waals surface area contributed by atoms with E-state index >= 15 is 0 Å². The number of anilines is 2. The number of benzene rings is 2. The fourth-order valence-electron chi connectivity index (χ4n) is 3.74. The van der Waals surface area contributed by atoms with Crippen LogP contribution >= 0.6 is 0 Å². The van der Waals surface area contributed by atoms with E-state index in [9.17, 15) is 9.59 Å². The van der Waals surface area contributed by atoms with Gasteiger partial charge in [0.2, 0.25) is 5.91 Å². The van der Waals surface area contributed by atoms with Crippen LogP contribution in [-0.4, -0.2) is 56.5 Å². The van der Waals surface area contributed by atoms with E-state index in [2.05, 4.69) is 21.2 Å². The van der Waals surface area contributed by atoms with Gasteiger partial charge in [-0.25, -0.2) is 0 Å². The maximum atomic E-state index is 12.2. The zero-order valence-corrected chi connectivity index (χ0v) is 17.5. The van der Waals surface area contributed by atoms with Crippen LogP contribution in [0.2, 0.25) is 0 Å². The maximum absolute atomic E-state index is 12.2. The molecule has 0 radical (unpaired) electrons. The van der Waals surface area contributed by atoms with Gasteiger partial charge in [-0.2, -0.15) is 0 Å². The molecule has 1 fully saturated rings. The molecule has 3 N–H and O–H groups in total. The van der Waals surface area contributed by atoms with Gasteiger partial charge in [-0.3, -0.25) is 14.5 Å². The maximum Gasteiger partial charge on any atom is 0.250 e. The summed E-state index contributed by atoms with van der Waals surface area (Å²) in [5.74, 6) is 0.276. The predicted octanol–water partition coefficient (Wildman–Crippen LogP) is 2.73. The third-order valence-electron chi connectivity index (χ3n) is 5.39. The van der Waals surface area contributed by atoms with E-state index in [0.717, 1.165) is 57.0 Å². The number of amides is 2. The van der Waals surface area contributed by atoms with Crippen molar-refractivity contribution in [1.29, 1.82) is 0 Å². The molecule has 3 rings (SSSR count). The Hall–Kier alpha value is -3.06. The second kappa shape index (κ2) is 10.6. The normalized spacial score (nSPS) is 14.4. The van der Waals surface area contributed by atoms with Crippen LogP contribution in [0.3, 0.4) is 0 Å². The van der Waals surface area contributed by atoms with Gasteiger partial charge in [0.15, 0.2) is 0 Å². The fraction of sp³-hybridized carbons (Fsp3) is 0.391. The molecule has 0 bridgehead atoms. The van der Waals surface area contributed by atoms with Crippen LogP contribution in [0.4, 0.5) is 11.4 Å². The fourth-order valence-corrected chi connectivity index (χ4v) is 3.74. The lowest BCUT2D eigenvalue weighted by Crippen LogP contribution is -2.46. The van der Waals surface area contributed by atoms with Crippen LogP contribution in [-0.2, 0) is 4.79 Å². The monoisotopic (exact) mass is 410 g/mol. The Morgan fingerprint density at radius 1 is 1.00 bits per heavy atom. The number of ether oxygens (including phenoxy) is 1. The van der Waals surface area contributed by atoms with Crippen molar-refractivity contribution in [2.75, 3.05) is 50.1 Å². The Morgan fingerprint density at radius 2 is 1.70 bits per heavy atom. The van der Waals surface area contributed by atoms with Gasteiger partial charge in [0.1, 0.15) is 5.75 Å². The van der Waals surface area contributed by atoms with Gasteiger partial charge in [0, 0.05) is 32.6 Å². The number of nitrogens with one attached hydrogen (secondary N) is 1. The minimum Gasteiger partial charge on any atom is -0.495 e. The number of para-hydroxylation sites is 3. The number of carbonyl (C=O) groups is 2. The zero-order valence-electron chi connectivity index (χ0n) is 17.5. The van der Waals surface area contributed by atoms with Crippen LogP contribution < -0.4 is 20.7 Å². The summed E-state index contributed by atoms with van der Waals surface area (Å²) in [6.07, 6.45) is 2.19. The molecule has 0 aromatic heterocycles. The van der Waals surface area contributed by atoms with Gasteiger partial charge in [0.05, 0.1) is 24.0 Å². The molecule has 0 unspecified atom stereocenters. The Labute approximate surface area is 177 Å². The number of methoxy groups -OCH3 is 1. The quantitative estimate of drug-likeness (QED) is 0.621. The number of carbonyl (C=O) groups excluding carboxylic acids is 2. The van der Waals surface area contributed by atoms with Crippen molar-refractivity contribution in [3.63, 3.8) is 0 Å². The van der Waals surface area contributed by atoms with E-state index in [-0.39, 0.29) is 5.91 Å². The van der Waals surface area contributed by atoms with E-state index in [1.165, 1.54) is 0 Å². The van der Waals surface area contributed by atoms with Gasteiger partial charge in [-0.05, 0) is 43.7 Å². The number of rotatable bonds is 9. The first kappa shape index (κ1) is 21.6. The standard InChI is InChI=1S/C23H30N4O3/c1-30-21-11-5-4-10-20(21)27-16-14-26(15-17-27)13-7-6-12-22(28)25-19-9-3-2-8-18(19)23(24)29/h2-5,8-11H,6-7,12-17H2,1H3,(H2,24,29)(H,25,28). The Morgan fingerprint density at radius 3 is 2.43 bits per heavy atom. The average molecular weight is 411 g/mol. The Bertz CT molecular complexity index is 863. The van der Waals surface area contributed by atoms with Crippen LogP contribution in [0.15, 0.2) is 48.5 Å². The van der Waals surface area contributed by atoms with Crippen LogP contribution in [0.1, 0.15) is 29.6 Å². The van der Waals surface area contributed by atoms with Gasteiger partial charge in [0.25, 0.3) is 5.91 Å². The molecule has 1 aliphatic rings. The minimum atomic E-state index is -0.543. The summed E-state index contributed by atoms with van der Waals surface area (Å²) in [6.45, 7) is 4.90. The molecule has 0 aliphatic carbocycles. The van der Waals surface area contributed by atoms with Gasteiger partial charge in [-0.1, -0.05) is 24.3 Å². The third kappa shape index (κ3) is 5.73. The van der Waals surface area contributed by atoms with Crippen molar-refractivity contribution < 1.29 is 14.3 Å². The lowest BCUT2D eigenvalue weighted by atomic mass is 10.1. The molecule has 1 aliphatic heterocycles. The van der Waals surface area contributed by atoms with E-state index in [1.54, 1.807) is 31.4 Å². The summed E-state index contributed by atoms with van der Waals surface area (Å²) in [6, 6.07) is 14.9. The molecule has 2 aromatic carbocycles. The smallest absolute Gasteiger partial charge is 0.250 e.